The Kier molecular flexibility index (Phi) is 3.70. The predicted molar refractivity (Wildman–Crippen MR) is 74.7 cm³/mol. The molecule has 0 saturated carbocycles. The summed E-state index contributed by atoms with van der Waals surface area (Å²) >= 11 is 0. The summed E-state index contributed by atoms with van der Waals surface area (Å²) in [5, 5.41) is 4.04. The lowest BCUT2D eigenvalue weighted by atomic mass is 10.0. The molecule has 1 aromatic heterocycles. The molecule has 0 aliphatic heterocycles. The minimum atomic E-state index is 0.00773. The Morgan fingerprint density at radius 1 is 1.28 bits per heavy atom. The van der Waals surface area contributed by atoms with Gasteiger partial charge in [0.05, 0.1) is 0 Å². The van der Waals surface area contributed by atoms with Gasteiger partial charge in [-0.2, -0.15) is 0 Å². The van der Waals surface area contributed by atoms with Crippen LogP contribution in [0.15, 0.2) is 30.5 Å². The first-order valence-electron chi connectivity index (χ1n) is 6.45. The van der Waals surface area contributed by atoms with Gasteiger partial charge in [0.15, 0.2) is 0 Å². The van der Waals surface area contributed by atoms with Crippen LogP contribution in [-0.4, -0.2) is 16.9 Å². The molecule has 1 amide bonds. The highest BCUT2D eigenvalue weighted by Gasteiger charge is 2.13. The second-order valence-corrected chi connectivity index (χ2v) is 5.25. The van der Waals surface area contributed by atoms with Gasteiger partial charge in [-0.1, -0.05) is 19.9 Å². The maximum atomic E-state index is 12.2. The fourth-order valence-corrected chi connectivity index (χ4v) is 2.35. The second-order valence-electron chi connectivity index (χ2n) is 5.25. The van der Waals surface area contributed by atoms with Gasteiger partial charge >= 0.3 is 0 Å². The van der Waals surface area contributed by atoms with Gasteiger partial charge in [-0.25, -0.2) is 0 Å². The molecule has 0 aliphatic carbocycles. The monoisotopic (exact) mass is 244 g/mol. The van der Waals surface area contributed by atoms with E-state index in [2.05, 4.69) is 31.1 Å². The Morgan fingerprint density at radius 2 is 2.06 bits per heavy atom. The number of carbonyl (C=O) groups excluding carboxylic acids is 1. The van der Waals surface area contributed by atoms with E-state index in [1.165, 1.54) is 0 Å². The van der Waals surface area contributed by atoms with Crippen LogP contribution in [0.3, 0.4) is 0 Å². The van der Waals surface area contributed by atoms with Crippen molar-refractivity contribution in [3.8, 4) is 0 Å². The van der Waals surface area contributed by atoms with E-state index in [4.69, 9.17) is 0 Å². The fraction of sp³-hybridized carbons (Fsp3) is 0.400. The summed E-state index contributed by atoms with van der Waals surface area (Å²) in [6.45, 7) is 6.38. The summed E-state index contributed by atoms with van der Waals surface area (Å²) in [6.07, 6.45) is 2.86. The molecule has 3 heteroatoms. The van der Waals surface area contributed by atoms with Gasteiger partial charge < -0.3 is 10.3 Å². The smallest absolute Gasteiger partial charge is 0.252 e. The van der Waals surface area contributed by atoms with Crippen molar-refractivity contribution in [2.24, 2.45) is 5.92 Å². The van der Waals surface area contributed by atoms with Crippen molar-refractivity contribution in [3.05, 3.63) is 36.0 Å². The molecule has 3 nitrogen and oxygen atoms in total. The Labute approximate surface area is 108 Å². The van der Waals surface area contributed by atoms with E-state index >= 15 is 0 Å². The molecule has 0 aliphatic rings. The quantitative estimate of drug-likeness (QED) is 0.851. The average Bonchev–Trinajstić information content (AvgIpc) is 2.74. The third kappa shape index (κ3) is 2.73. The van der Waals surface area contributed by atoms with Crippen LogP contribution in [0.4, 0.5) is 0 Å². The van der Waals surface area contributed by atoms with Crippen LogP contribution < -0.4 is 5.32 Å². The van der Waals surface area contributed by atoms with Crippen molar-refractivity contribution < 1.29 is 4.79 Å². The van der Waals surface area contributed by atoms with Gasteiger partial charge in [0, 0.05) is 28.7 Å². The van der Waals surface area contributed by atoms with Gasteiger partial charge in [-0.3, -0.25) is 4.79 Å². The molecule has 0 fully saturated rings. The van der Waals surface area contributed by atoms with E-state index < -0.39 is 0 Å². The van der Waals surface area contributed by atoms with Crippen molar-refractivity contribution in [3.63, 3.8) is 0 Å². The van der Waals surface area contributed by atoms with E-state index in [9.17, 15) is 4.79 Å². The summed E-state index contributed by atoms with van der Waals surface area (Å²) in [6, 6.07) is 7.89. The third-order valence-corrected chi connectivity index (χ3v) is 3.04. The van der Waals surface area contributed by atoms with Crippen molar-refractivity contribution in [1.82, 2.24) is 10.3 Å². The molecule has 1 atom stereocenters. The van der Waals surface area contributed by atoms with E-state index in [1.54, 1.807) is 0 Å². The molecule has 1 heterocycles. The summed E-state index contributed by atoms with van der Waals surface area (Å²) in [5.41, 5.74) is 1.74. The number of nitrogens with one attached hydrogen (secondary N) is 2. The molecular formula is C15H20N2O. The number of aromatic amines is 1. The molecule has 1 unspecified atom stereocenters. The second kappa shape index (κ2) is 5.25. The van der Waals surface area contributed by atoms with Crippen LogP contribution in [0, 0.1) is 5.92 Å². The Morgan fingerprint density at radius 3 is 2.78 bits per heavy atom. The molecule has 2 rings (SSSR count). The molecule has 2 aromatic rings. The van der Waals surface area contributed by atoms with Crippen LogP contribution >= 0.6 is 0 Å². The van der Waals surface area contributed by atoms with Gasteiger partial charge in [-0.05, 0) is 37.5 Å². The maximum Gasteiger partial charge on any atom is 0.252 e. The molecule has 0 saturated heterocycles. The zero-order valence-electron chi connectivity index (χ0n) is 11.2. The molecule has 2 N–H and O–H groups in total. The minimum Gasteiger partial charge on any atom is -0.361 e. The summed E-state index contributed by atoms with van der Waals surface area (Å²) < 4.78 is 0. The average molecular weight is 244 g/mol. The number of benzene rings is 1. The number of amides is 1. The lowest BCUT2D eigenvalue weighted by Crippen LogP contribution is -2.33. The normalized spacial score (nSPS) is 12.9. The SMILES string of the molecule is CC(C)CC(C)NC(=O)c1cccc2[nH]ccc12. The summed E-state index contributed by atoms with van der Waals surface area (Å²) in [7, 11) is 0. The molecular weight excluding hydrogens is 224 g/mol. The fourth-order valence-electron chi connectivity index (χ4n) is 2.35. The first-order chi connectivity index (χ1) is 8.58. The number of hydrogen-bond acceptors (Lipinski definition) is 1. The van der Waals surface area contributed by atoms with Crippen molar-refractivity contribution in [1.29, 1.82) is 0 Å². The van der Waals surface area contributed by atoms with E-state index in [1.807, 2.05) is 30.5 Å². The van der Waals surface area contributed by atoms with Crippen LogP contribution in [-0.2, 0) is 0 Å². The highest BCUT2D eigenvalue weighted by atomic mass is 16.1. The van der Waals surface area contributed by atoms with E-state index in [-0.39, 0.29) is 11.9 Å². The first kappa shape index (κ1) is 12.7. The van der Waals surface area contributed by atoms with E-state index in [0.717, 1.165) is 22.9 Å². The molecule has 0 bridgehead atoms. The zero-order chi connectivity index (χ0) is 13.1. The lowest BCUT2D eigenvalue weighted by Gasteiger charge is -2.16. The standard InChI is InChI=1S/C15H20N2O/c1-10(2)9-11(3)17-15(18)13-5-4-6-14-12(13)7-8-16-14/h4-8,10-11,16H,9H2,1-3H3,(H,17,18). The van der Waals surface area contributed by atoms with Gasteiger partial charge in [-0.15, -0.1) is 0 Å². The molecule has 0 spiro atoms. The maximum absolute atomic E-state index is 12.2. The van der Waals surface area contributed by atoms with Gasteiger partial charge in [0.2, 0.25) is 0 Å². The van der Waals surface area contributed by atoms with Gasteiger partial charge in [0.25, 0.3) is 5.91 Å². The number of rotatable bonds is 4. The molecule has 0 radical (unpaired) electrons. The largest absolute Gasteiger partial charge is 0.361 e. The topological polar surface area (TPSA) is 44.9 Å². The van der Waals surface area contributed by atoms with Crippen LogP contribution in [0.1, 0.15) is 37.6 Å². The molecule has 96 valence electrons. The van der Waals surface area contributed by atoms with Crippen LogP contribution in [0.2, 0.25) is 0 Å². The Bertz CT molecular complexity index is 542. The summed E-state index contributed by atoms with van der Waals surface area (Å²) in [5.74, 6) is 0.594. The zero-order valence-corrected chi connectivity index (χ0v) is 11.2. The number of carbonyl (C=O) groups is 1. The molecule has 18 heavy (non-hydrogen) atoms. The van der Waals surface area contributed by atoms with Gasteiger partial charge in [0.1, 0.15) is 0 Å². The van der Waals surface area contributed by atoms with Crippen molar-refractivity contribution >= 4 is 16.8 Å². The first-order valence-corrected chi connectivity index (χ1v) is 6.45. The molecule has 1 aromatic carbocycles. The Balaban J connectivity index is 2.16. The van der Waals surface area contributed by atoms with Crippen molar-refractivity contribution in [2.75, 3.05) is 0 Å². The van der Waals surface area contributed by atoms with Crippen LogP contribution in [0.5, 0.6) is 0 Å². The highest BCUT2D eigenvalue weighted by molar-refractivity contribution is 6.06. The number of H-pyrrole nitrogens is 1. The highest BCUT2D eigenvalue weighted by Crippen LogP contribution is 2.17. The van der Waals surface area contributed by atoms with Crippen molar-refractivity contribution in [2.45, 2.75) is 33.2 Å². The van der Waals surface area contributed by atoms with Crippen LogP contribution in [0.25, 0.3) is 10.9 Å². The number of fused-ring (bicyclic) bond motifs is 1. The number of hydrogen-bond donors (Lipinski definition) is 2. The lowest BCUT2D eigenvalue weighted by molar-refractivity contribution is 0.0938. The predicted octanol–water partition coefficient (Wildman–Crippen LogP) is 3.33. The summed E-state index contributed by atoms with van der Waals surface area (Å²) in [4.78, 5) is 15.3. The third-order valence-electron chi connectivity index (χ3n) is 3.04. The number of aromatic nitrogens is 1. The Hall–Kier alpha value is -1.77. The minimum absolute atomic E-state index is 0.00773. The van der Waals surface area contributed by atoms with E-state index in [0.29, 0.717) is 5.92 Å².